The van der Waals surface area contributed by atoms with Crippen LogP contribution >= 0.6 is 12.2 Å². The van der Waals surface area contributed by atoms with Crippen molar-refractivity contribution >= 4 is 22.9 Å². The molecule has 1 aromatic heterocycles. The summed E-state index contributed by atoms with van der Waals surface area (Å²) >= 11 is 5.23. The van der Waals surface area contributed by atoms with E-state index in [1.807, 2.05) is 13.8 Å². The summed E-state index contributed by atoms with van der Waals surface area (Å²) in [4.78, 5) is 7.37. The number of hydrogen-bond acceptors (Lipinski definition) is 3. The second-order valence-electron chi connectivity index (χ2n) is 6.91. The molecule has 1 aliphatic rings. The average molecular weight is 291 g/mol. The number of nitrogens with two attached hydrogens (primary N) is 1. The first-order valence-electron chi connectivity index (χ1n) is 7.23. The number of hydrogen-bond donors (Lipinski definition) is 1. The SMILES string of the molecule is Cc1cc(N2CCC(C(C)(C)C)C2)c(C(N)=S)c(C)n1. The van der Waals surface area contributed by atoms with Crippen molar-refractivity contribution in [1.29, 1.82) is 0 Å². The number of aromatic nitrogens is 1. The monoisotopic (exact) mass is 291 g/mol. The number of pyridine rings is 1. The predicted octanol–water partition coefficient (Wildman–Crippen LogP) is 3.21. The molecule has 2 rings (SSSR count). The molecule has 110 valence electrons. The van der Waals surface area contributed by atoms with Crippen molar-refractivity contribution in [3.63, 3.8) is 0 Å². The molecule has 4 heteroatoms. The molecule has 3 nitrogen and oxygen atoms in total. The Labute approximate surface area is 127 Å². The topological polar surface area (TPSA) is 42.1 Å². The van der Waals surface area contributed by atoms with Crippen LogP contribution in [0.3, 0.4) is 0 Å². The van der Waals surface area contributed by atoms with Crippen LogP contribution in [0.2, 0.25) is 0 Å². The van der Waals surface area contributed by atoms with Crippen molar-refractivity contribution in [3.8, 4) is 0 Å². The Kier molecular flexibility index (Phi) is 4.05. The van der Waals surface area contributed by atoms with E-state index in [1.165, 1.54) is 6.42 Å². The zero-order valence-electron chi connectivity index (χ0n) is 13.2. The van der Waals surface area contributed by atoms with Gasteiger partial charge in [0.1, 0.15) is 4.99 Å². The zero-order chi connectivity index (χ0) is 15.1. The Morgan fingerprint density at radius 3 is 2.55 bits per heavy atom. The van der Waals surface area contributed by atoms with Crippen molar-refractivity contribution in [1.82, 2.24) is 4.98 Å². The van der Waals surface area contributed by atoms with Gasteiger partial charge in [0.2, 0.25) is 0 Å². The maximum Gasteiger partial charge on any atom is 0.107 e. The third kappa shape index (κ3) is 2.95. The molecule has 0 aliphatic carbocycles. The van der Waals surface area contributed by atoms with Gasteiger partial charge in [-0.1, -0.05) is 33.0 Å². The molecule has 20 heavy (non-hydrogen) atoms. The van der Waals surface area contributed by atoms with Crippen LogP contribution in [0, 0.1) is 25.2 Å². The molecule has 0 saturated carbocycles. The van der Waals surface area contributed by atoms with Gasteiger partial charge in [-0.05, 0) is 37.7 Å². The smallest absolute Gasteiger partial charge is 0.107 e. The van der Waals surface area contributed by atoms with Crippen molar-refractivity contribution in [2.24, 2.45) is 17.1 Å². The minimum atomic E-state index is 0.343. The van der Waals surface area contributed by atoms with Crippen molar-refractivity contribution in [2.45, 2.75) is 41.0 Å². The molecule has 0 spiro atoms. The van der Waals surface area contributed by atoms with Gasteiger partial charge in [-0.15, -0.1) is 0 Å². The highest BCUT2D eigenvalue weighted by Gasteiger charge is 2.33. The molecular weight excluding hydrogens is 266 g/mol. The third-order valence-electron chi connectivity index (χ3n) is 4.31. The first-order valence-corrected chi connectivity index (χ1v) is 7.64. The number of rotatable bonds is 2. The number of anilines is 1. The van der Waals surface area contributed by atoms with Gasteiger partial charge in [-0.3, -0.25) is 4.98 Å². The van der Waals surface area contributed by atoms with Crippen molar-refractivity contribution in [2.75, 3.05) is 18.0 Å². The fourth-order valence-electron chi connectivity index (χ4n) is 3.05. The molecule has 1 fully saturated rings. The molecule has 1 aromatic rings. The molecule has 2 N–H and O–H groups in total. The molecule has 1 unspecified atom stereocenters. The highest BCUT2D eigenvalue weighted by atomic mass is 32.1. The van der Waals surface area contributed by atoms with E-state index in [9.17, 15) is 0 Å². The van der Waals surface area contributed by atoms with E-state index < -0.39 is 0 Å². The van der Waals surface area contributed by atoms with Gasteiger partial charge < -0.3 is 10.6 Å². The summed E-state index contributed by atoms with van der Waals surface area (Å²) in [6.45, 7) is 13.1. The van der Waals surface area contributed by atoms with E-state index in [0.717, 1.165) is 35.7 Å². The Bertz CT molecular complexity index is 531. The normalized spacial score (nSPS) is 19.4. The van der Waals surface area contributed by atoms with E-state index in [2.05, 4.69) is 36.7 Å². The lowest BCUT2D eigenvalue weighted by Gasteiger charge is -2.28. The maximum absolute atomic E-state index is 5.92. The van der Waals surface area contributed by atoms with Crippen LogP contribution in [0.4, 0.5) is 5.69 Å². The molecule has 0 radical (unpaired) electrons. The van der Waals surface area contributed by atoms with Crippen molar-refractivity contribution < 1.29 is 0 Å². The molecule has 1 atom stereocenters. The van der Waals surface area contributed by atoms with Gasteiger partial charge in [0.15, 0.2) is 0 Å². The fraction of sp³-hybridized carbons (Fsp3) is 0.625. The molecule has 0 bridgehead atoms. The van der Waals surface area contributed by atoms with E-state index >= 15 is 0 Å². The lowest BCUT2D eigenvalue weighted by Crippen LogP contribution is -2.28. The van der Waals surface area contributed by atoms with Gasteiger partial charge >= 0.3 is 0 Å². The van der Waals surface area contributed by atoms with E-state index in [-0.39, 0.29) is 0 Å². The lowest BCUT2D eigenvalue weighted by atomic mass is 9.80. The Hall–Kier alpha value is -1.16. The number of aryl methyl sites for hydroxylation is 2. The fourth-order valence-corrected chi connectivity index (χ4v) is 3.30. The summed E-state index contributed by atoms with van der Waals surface area (Å²) < 4.78 is 0. The summed E-state index contributed by atoms with van der Waals surface area (Å²) in [5.41, 5.74) is 10.3. The maximum atomic E-state index is 5.92. The summed E-state index contributed by atoms with van der Waals surface area (Å²) in [6.07, 6.45) is 1.22. The van der Waals surface area contributed by atoms with E-state index in [0.29, 0.717) is 16.3 Å². The molecule has 0 aromatic carbocycles. The van der Waals surface area contributed by atoms with Crippen LogP contribution in [-0.2, 0) is 0 Å². The van der Waals surface area contributed by atoms with Gasteiger partial charge in [-0.25, -0.2) is 0 Å². The second kappa shape index (κ2) is 5.32. The average Bonchev–Trinajstić information content (AvgIpc) is 2.75. The molecule has 1 aliphatic heterocycles. The van der Waals surface area contributed by atoms with Gasteiger partial charge in [-0.2, -0.15) is 0 Å². The first kappa shape index (κ1) is 15.2. The van der Waals surface area contributed by atoms with Crippen LogP contribution in [0.25, 0.3) is 0 Å². The quantitative estimate of drug-likeness (QED) is 0.850. The molecular formula is C16H25N3S. The van der Waals surface area contributed by atoms with Crippen LogP contribution in [0.15, 0.2) is 6.07 Å². The molecule has 2 heterocycles. The van der Waals surface area contributed by atoms with Gasteiger partial charge in [0, 0.05) is 24.5 Å². The van der Waals surface area contributed by atoms with Crippen molar-refractivity contribution in [3.05, 3.63) is 23.0 Å². The predicted molar refractivity (Wildman–Crippen MR) is 89.4 cm³/mol. The number of thiocarbonyl (C=S) groups is 1. The second-order valence-corrected chi connectivity index (χ2v) is 7.34. The highest BCUT2D eigenvalue weighted by Crippen LogP contribution is 2.37. The zero-order valence-corrected chi connectivity index (χ0v) is 14.0. The van der Waals surface area contributed by atoms with Crippen LogP contribution in [0.1, 0.15) is 44.1 Å². The van der Waals surface area contributed by atoms with Crippen LogP contribution in [0.5, 0.6) is 0 Å². The minimum absolute atomic E-state index is 0.343. The Morgan fingerprint density at radius 1 is 1.40 bits per heavy atom. The van der Waals surface area contributed by atoms with E-state index in [4.69, 9.17) is 18.0 Å². The largest absolute Gasteiger partial charge is 0.389 e. The van der Waals surface area contributed by atoms with Gasteiger partial charge in [0.05, 0.1) is 11.3 Å². The Balaban J connectivity index is 2.37. The molecule has 0 amide bonds. The highest BCUT2D eigenvalue weighted by molar-refractivity contribution is 7.80. The van der Waals surface area contributed by atoms with E-state index in [1.54, 1.807) is 0 Å². The van der Waals surface area contributed by atoms with Crippen LogP contribution < -0.4 is 10.6 Å². The summed E-state index contributed by atoms with van der Waals surface area (Å²) in [7, 11) is 0. The molecule has 1 saturated heterocycles. The standard InChI is InChI=1S/C16H25N3S/c1-10-8-13(14(15(17)20)11(2)18-10)19-7-6-12(9-19)16(3,4)5/h8,12H,6-7,9H2,1-5H3,(H2,17,20). The third-order valence-corrected chi connectivity index (χ3v) is 4.51. The first-order chi connectivity index (χ1) is 9.20. The minimum Gasteiger partial charge on any atom is -0.389 e. The van der Waals surface area contributed by atoms with Gasteiger partial charge in [0.25, 0.3) is 0 Å². The Morgan fingerprint density at radius 2 is 2.05 bits per heavy atom. The lowest BCUT2D eigenvalue weighted by molar-refractivity contribution is 0.263. The summed E-state index contributed by atoms with van der Waals surface area (Å²) in [5, 5.41) is 0. The summed E-state index contributed by atoms with van der Waals surface area (Å²) in [5.74, 6) is 0.704. The number of nitrogens with zero attached hydrogens (tertiary/aromatic N) is 2. The van der Waals surface area contributed by atoms with Crippen LogP contribution in [-0.4, -0.2) is 23.1 Å². The summed E-state index contributed by atoms with van der Waals surface area (Å²) in [6, 6.07) is 2.12.